The number of aliphatic hydroxyl groups excluding tert-OH is 10. The van der Waals surface area contributed by atoms with Gasteiger partial charge in [0.25, 0.3) is 5.79 Å². The zero-order chi connectivity index (χ0) is 30.8. The Hall–Kier alpha value is -1.66. The highest BCUT2D eigenvalue weighted by atomic mass is 16.8. The number of amides is 1. The zero-order valence-corrected chi connectivity index (χ0v) is 21.7. The molecule has 0 aliphatic carbocycles. The predicted molar refractivity (Wildman–Crippen MR) is 124 cm³/mol. The topological polar surface area (TPSA) is 315 Å². The number of ether oxygens (including phenoxy) is 5. The minimum Gasteiger partial charge on any atom is -0.477 e. The Bertz CT molecular complexity index is 895. The van der Waals surface area contributed by atoms with E-state index in [4.69, 9.17) is 23.7 Å². The fourth-order valence-corrected chi connectivity index (χ4v) is 4.98. The standard InChI is InChI=1S/C22H37NO18/c1-6(27)23-11-7(28)2-22(21(35)36,40-16(11)8(29)3-24)41-18-12(30)9(4-25)38-20(15(18)33)39-17-10(5-26)37-19(34)14(32)13(17)31/h7-20,24-26,28-34H,2-5H2,1H3,(H,23,27)(H,35,36)/t7-,8+,9+,10+,11+,12-,13+,14+,15+,16-,17+,18-,19+,20-,22-/m0/s1. The molecule has 0 unspecified atom stereocenters. The van der Waals surface area contributed by atoms with Gasteiger partial charge in [0.2, 0.25) is 5.91 Å². The molecule has 238 valence electrons. The molecule has 3 saturated heterocycles. The van der Waals surface area contributed by atoms with Crippen molar-refractivity contribution >= 4 is 11.9 Å². The quantitative estimate of drug-likeness (QED) is 0.110. The molecule has 0 radical (unpaired) electrons. The van der Waals surface area contributed by atoms with Crippen LogP contribution in [0.15, 0.2) is 0 Å². The lowest BCUT2D eigenvalue weighted by molar-refractivity contribution is -0.384. The van der Waals surface area contributed by atoms with Crippen molar-refractivity contribution in [1.29, 1.82) is 0 Å². The summed E-state index contributed by atoms with van der Waals surface area (Å²) in [6.07, 6.45) is -24.9. The number of hydrogen-bond donors (Lipinski definition) is 12. The van der Waals surface area contributed by atoms with Crippen LogP contribution in [0.25, 0.3) is 0 Å². The van der Waals surface area contributed by atoms with Crippen molar-refractivity contribution in [1.82, 2.24) is 5.32 Å². The number of carboxylic acids is 1. The Balaban J connectivity index is 1.92. The van der Waals surface area contributed by atoms with Crippen LogP contribution < -0.4 is 5.32 Å². The molecule has 0 spiro atoms. The molecule has 19 nitrogen and oxygen atoms in total. The zero-order valence-electron chi connectivity index (χ0n) is 21.7. The largest absolute Gasteiger partial charge is 0.477 e. The number of carbonyl (C=O) groups excluding carboxylic acids is 1. The first-order chi connectivity index (χ1) is 19.2. The lowest BCUT2D eigenvalue weighted by atomic mass is 9.89. The molecule has 19 heteroatoms. The number of aliphatic hydroxyl groups is 10. The summed E-state index contributed by atoms with van der Waals surface area (Å²) < 4.78 is 26.8. The maximum Gasteiger partial charge on any atom is 0.364 e. The summed E-state index contributed by atoms with van der Waals surface area (Å²) in [7, 11) is 0. The van der Waals surface area contributed by atoms with Crippen molar-refractivity contribution in [2.45, 2.75) is 105 Å². The lowest BCUT2D eigenvalue weighted by Crippen LogP contribution is -2.70. The Labute approximate surface area is 232 Å². The van der Waals surface area contributed by atoms with Crippen LogP contribution in [0.2, 0.25) is 0 Å². The highest BCUT2D eigenvalue weighted by molar-refractivity contribution is 5.76. The molecular formula is C22H37NO18. The third kappa shape index (κ3) is 6.95. The molecule has 3 fully saturated rings. The SMILES string of the molecule is CC(=O)N[C@H]1[C@H]([C@H](O)CO)O[C@@](O[C@H]2[C@@H](O)[C@@H](CO)O[C@@H](O[C@H]3[C@H](O)[C@@H](O)[C@H](O)O[C@@H]3CO)[C@@H]2O)(C(=O)O)C[C@@H]1O. The maximum atomic E-state index is 12.4. The molecule has 0 aromatic heterocycles. The summed E-state index contributed by atoms with van der Waals surface area (Å²) in [5, 5.41) is 114. The van der Waals surface area contributed by atoms with E-state index < -0.39 is 130 Å². The fraction of sp³-hybridized carbons (Fsp3) is 0.909. The second kappa shape index (κ2) is 13.8. The van der Waals surface area contributed by atoms with Crippen LogP contribution in [-0.2, 0) is 33.3 Å². The van der Waals surface area contributed by atoms with Gasteiger partial charge < -0.3 is 85.2 Å². The summed E-state index contributed by atoms with van der Waals surface area (Å²) in [6, 6.07) is -1.42. The number of hydrogen-bond acceptors (Lipinski definition) is 17. The molecule has 12 N–H and O–H groups in total. The average Bonchev–Trinajstić information content (AvgIpc) is 2.92. The first-order valence-electron chi connectivity index (χ1n) is 12.6. The molecule has 0 bridgehead atoms. The van der Waals surface area contributed by atoms with Crippen LogP contribution in [0.5, 0.6) is 0 Å². The number of rotatable bonds is 10. The molecule has 3 heterocycles. The van der Waals surface area contributed by atoms with E-state index in [0.717, 1.165) is 6.92 Å². The molecular weight excluding hydrogens is 566 g/mol. The normalized spacial score (nSPS) is 46.1. The van der Waals surface area contributed by atoms with Gasteiger partial charge in [0.1, 0.15) is 61.0 Å². The van der Waals surface area contributed by atoms with Crippen LogP contribution in [0.4, 0.5) is 0 Å². The van der Waals surface area contributed by atoms with Gasteiger partial charge in [-0.15, -0.1) is 0 Å². The molecule has 41 heavy (non-hydrogen) atoms. The maximum absolute atomic E-state index is 12.4. The molecule has 1 amide bonds. The van der Waals surface area contributed by atoms with E-state index in [9.17, 15) is 65.8 Å². The van der Waals surface area contributed by atoms with Crippen molar-refractivity contribution in [3.8, 4) is 0 Å². The summed E-state index contributed by atoms with van der Waals surface area (Å²) in [5.41, 5.74) is 0. The van der Waals surface area contributed by atoms with E-state index in [2.05, 4.69) is 5.32 Å². The van der Waals surface area contributed by atoms with Gasteiger partial charge in [0, 0.05) is 13.3 Å². The van der Waals surface area contributed by atoms with Crippen LogP contribution in [0.1, 0.15) is 13.3 Å². The van der Waals surface area contributed by atoms with Crippen molar-refractivity contribution in [2.75, 3.05) is 19.8 Å². The minimum absolute atomic E-state index is 0.690. The van der Waals surface area contributed by atoms with Gasteiger partial charge in [-0.05, 0) is 0 Å². The van der Waals surface area contributed by atoms with Crippen molar-refractivity contribution in [3.63, 3.8) is 0 Å². The van der Waals surface area contributed by atoms with Gasteiger partial charge in [0.15, 0.2) is 12.6 Å². The van der Waals surface area contributed by atoms with Crippen LogP contribution in [-0.4, -0.2) is 179 Å². The van der Waals surface area contributed by atoms with E-state index in [1.165, 1.54) is 0 Å². The molecule has 0 saturated carbocycles. The smallest absolute Gasteiger partial charge is 0.364 e. The monoisotopic (exact) mass is 603 g/mol. The van der Waals surface area contributed by atoms with E-state index in [0.29, 0.717) is 0 Å². The third-order valence-corrected chi connectivity index (χ3v) is 7.11. The van der Waals surface area contributed by atoms with Gasteiger partial charge in [0.05, 0.1) is 32.0 Å². The summed E-state index contributed by atoms with van der Waals surface area (Å²) >= 11 is 0. The van der Waals surface area contributed by atoms with E-state index in [1.807, 2.05) is 0 Å². The van der Waals surface area contributed by atoms with Crippen molar-refractivity contribution in [2.24, 2.45) is 0 Å². The molecule has 3 rings (SSSR count). The van der Waals surface area contributed by atoms with E-state index in [-0.39, 0.29) is 0 Å². The highest BCUT2D eigenvalue weighted by Crippen LogP contribution is 2.37. The van der Waals surface area contributed by atoms with Gasteiger partial charge in [-0.25, -0.2) is 4.79 Å². The van der Waals surface area contributed by atoms with Gasteiger partial charge in [-0.3, -0.25) is 4.79 Å². The van der Waals surface area contributed by atoms with Crippen LogP contribution in [0, 0.1) is 0 Å². The second-order valence-corrected chi connectivity index (χ2v) is 10.0. The Morgan fingerprint density at radius 1 is 0.927 bits per heavy atom. The predicted octanol–water partition coefficient (Wildman–Crippen LogP) is -7.58. The fourth-order valence-electron chi connectivity index (χ4n) is 4.98. The second-order valence-electron chi connectivity index (χ2n) is 10.0. The molecule has 3 aliphatic rings. The Morgan fingerprint density at radius 2 is 1.56 bits per heavy atom. The number of carboxylic acid groups (broad SMARTS) is 1. The van der Waals surface area contributed by atoms with Gasteiger partial charge >= 0.3 is 5.97 Å². The molecule has 3 aliphatic heterocycles. The Kier molecular flexibility index (Phi) is 11.4. The van der Waals surface area contributed by atoms with E-state index in [1.54, 1.807) is 0 Å². The average molecular weight is 604 g/mol. The molecule has 0 aromatic rings. The summed E-state index contributed by atoms with van der Waals surface area (Å²) in [4.78, 5) is 24.1. The summed E-state index contributed by atoms with van der Waals surface area (Å²) in [5.74, 6) is -5.53. The first kappa shape index (κ1) is 33.8. The van der Waals surface area contributed by atoms with E-state index >= 15 is 0 Å². The van der Waals surface area contributed by atoms with Crippen LogP contribution >= 0.6 is 0 Å². The number of carbonyl (C=O) groups is 2. The minimum atomic E-state index is -2.93. The van der Waals surface area contributed by atoms with Gasteiger partial charge in [-0.1, -0.05) is 0 Å². The summed E-state index contributed by atoms with van der Waals surface area (Å²) in [6.45, 7) is -1.71. The number of aliphatic carboxylic acids is 1. The first-order valence-corrected chi connectivity index (χ1v) is 12.6. The van der Waals surface area contributed by atoms with Crippen molar-refractivity contribution in [3.05, 3.63) is 0 Å². The van der Waals surface area contributed by atoms with Crippen molar-refractivity contribution < 1.29 is 89.4 Å². The third-order valence-electron chi connectivity index (χ3n) is 7.11. The lowest BCUT2D eigenvalue weighted by Gasteiger charge is -2.50. The molecule has 15 atom stereocenters. The number of nitrogens with one attached hydrogen (secondary N) is 1. The Morgan fingerprint density at radius 3 is 2.10 bits per heavy atom. The van der Waals surface area contributed by atoms with Crippen LogP contribution in [0.3, 0.4) is 0 Å². The molecule has 0 aromatic carbocycles. The van der Waals surface area contributed by atoms with Gasteiger partial charge in [-0.2, -0.15) is 0 Å². The highest BCUT2D eigenvalue weighted by Gasteiger charge is 2.59.